The Bertz CT molecular complexity index is 1280. The first-order valence-electron chi connectivity index (χ1n) is 10.5. The number of hydrogen-bond donors (Lipinski definition) is 1. The molecule has 164 valence electrons. The minimum absolute atomic E-state index is 0.175. The smallest absolute Gasteiger partial charge is 0.264 e. The lowest BCUT2D eigenvalue weighted by Crippen LogP contribution is -2.47. The molecule has 5 rings (SSSR count). The number of piperidine rings is 1. The number of benzene rings is 1. The first kappa shape index (κ1) is 20.5. The number of hydrogen-bond acceptors (Lipinski definition) is 6. The standard InChI is InChI=1S/C23H23FN6O2/c24-17-4-6-19(7-5-17)30-21-20(13-27-30)22(31)29(16-26-21)15-23(32)8-11-28(12-9-23)14-18-3-1-2-10-25-18/h1-7,10,13,16,32H,8-9,11-12,14-15H2. The van der Waals surface area contributed by atoms with Crippen LogP contribution in [0.3, 0.4) is 0 Å². The quantitative estimate of drug-likeness (QED) is 0.518. The van der Waals surface area contributed by atoms with Gasteiger partial charge in [-0.25, -0.2) is 14.1 Å². The van der Waals surface area contributed by atoms with Crippen LogP contribution in [-0.2, 0) is 13.1 Å². The molecular weight excluding hydrogens is 411 g/mol. The lowest BCUT2D eigenvalue weighted by molar-refractivity contribution is -0.0367. The normalized spacial score (nSPS) is 16.4. The molecule has 4 aromatic rings. The third-order valence-corrected chi connectivity index (χ3v) is 5.99. The molecule has 0 atom stereocenters. The largest absolute Gasteiger partial charge is 0.388 e. The van der Waals surface area contributed by atoms with E-state index in [1.165, 1.54) is 33.9 Å². The van der Waals surface area contributed by atoms with Gasteiger partial charge in [-0.2, -0.15) is 5.10 Å². The number of fused-ring (bicyclic) bond motifs is 1. The van der Waals surface area contributed by atoms with Crippen LogP contribution in [0.2, 0.25) is 0 Å². The van der Waals surface area contributed by atoms with E-state index in [4.69, 9.17) is 0 Å². The van der Waals surface area contributed by atoms with E-state index in [0.29, 0.717) is 29.6 Å². The monoisotopic (exact) mass is 434 g/mol. The lowest BCUT2D eigenvalue weighted by atomic mass is 9.91. The molecule has 1 fully saturated rings. The van der Waals surface area contributed by atoms with Crippen molar-refractivity contribution in [3.8, 4) is 5.69 Å². The summed E-state index contributed by atoms with van der Waals surface area (Å²) in [5.41, 5.74) is 0.780. The molecular formula is C23H23FN6O2. The minimum atomic E-state index is -0.979. The summed E-state index contributed by atoms with van der Waals surface area (Å²) in [6, 6.07) is 11.7. The summed E-state index contributed by atoms with van der Waals surface area (Å²) in [7, 11) is 0. The van der Waals surface area contributed by atoms with Crippen LogP contribution in [0.5, 0.6) is 0 Å². The SMILES string of the molecule is O=c1c2cnn(-c3ccc(F)cc3)c2ncn1CC1(O)CCN(Cc2ccccn2)CC1. The van der Waals surface area contributed by atoms with Gasteiger partial charge in [0.1, 0.15) is 17.5 Å². The molecule has 0 amide bonds. The van der Waals surface area contributed by atoms with E-state index in [-0.39, 0.29) is 17.9 Å². The number of nitrogens with zero attached hydrogens (tertiary/aromatic N) is 6. The number of aromatic nitrogens is 5. The number of likely N-dealkylation sites (tertiary alicyclic amines) is 1. The molecule has 1 N–H and O–H groups in total. The molecule has 8 nitrogen and oxygen atoms in total. The molecule has 9 heteroatoms. The molecule has 1 aromatic carbocycles. The van der Waals surface area contributed by atoms with Crippen molar-refractivity contribution in [2.75, 3.05) is 13.1 Å². The Hall–Kier alpha value is -3.43. The molecule has 1 aliphatic rings. The molecule has 0 unspecified atom stereocenters. The van der Waals surface area contributed by atoms with Gasteiger partial charge in [0.15, 0.2) is 5.65 Å². The van der Waals surface area contributed by atoms with Gasteiger partial charge in [-0.1, -0.05) is 6.07 Å². The molecule has 0 bridgehead atoms. The fourth-order valence-electron chi connectivity index (χ4n) is 4.16. The average Bonchev–Trinajstić information content (AvgIpc) is 3.24. The summed E-state index contributed by atoms with van der Waals surface area (Å²) in [5.74, 6) is -0.347. The number of aliphatic hydroxyl groups is 1. The van der Waals surface area contributed by atoms with Crippen LogP contribution in [0.1, 0.15) is 18.5 Å². The molecule has 32 heavy (non-hydrogen) atoms. The highest BCUT2D eigenvalue weighted by Crippen LogP contribution is 2.25. The van der Waals surface area contributed by atoms with E-state index in [9.17, 15) is 14.3 Å². The van der Waals surface area contributed by atoms with E-state index >= 15 is 0 Å². The summed E-state index contributed by atoms with van der Waals surface area (Å²) in [6.07, 6.45) is 5.80. The fraction of sp³-hybridized carbons (Fsp3) is 0.304. The topological polar surface area (TPSA) is 89.1 Å². The van der Waals surface area contributed by atoms with Gasteiger partial charge in [0.25, 0.3) is 5.56 Å². The van der Waals surface area contributed by atoms with E-state index in [1.54, 1.807) is 18.3 Å². The van der Waals surface area contributed by atoms with Crippen LogP contribution in [0, 0.1) is 5.82 Å². The average molecular weight is 434 g/mol. The van der Waals surface area contributed by atoms with E-state index < -0.39 is 5.60 Å². The minimum Gasteiger partial charge on any atom is -0.388 e. The van der Waals surface area contributed by atoms with Crippen molar-refractivity contribution in [1.29, 1.82) is 0 Å². The van der Waals surface area contributed by atoms with E-state index in [0.717, 1.165) is 25.3 Å². The molecule has 4 heterocycles. The van der Waals surface area contributed by atoms with Crippen LogP contribution in [-0.4, -0.2) is 53.0 Å². The Morgan fingerprint density at radius 3 is 2.56 bits per heavy atom. The number of halogens is 1. The zero-order valence-electron chi connectivity index (χ0n) is 17.4. The third kappa shape index (κ3) is 4.04. The Morgan fingerprint density at radius 2 is 1.84 bits per heavy atom. The second kappa shape index (κ2) is 8.25. The second-order valence-corrected chi connectivity index (χ2v) is 8.27. The van der Waals surface area contributed by atoms with Gasteiger partial charge in [0.05, 0.1) is 29.7 Å². The van der Waals surface area contributed by atoms with Gasteiger partial charge in [-0.3, -0.25) is 19.2 Å². The highest BCUT2D eigenvalue weighted by molar-refractivity contribution is 5.74. The number of rotatable bonds is 5. The molecule has 1 aliphatic heterocycles. The molecule has 0 radical (unpaired) electrons. The van der Waals surface area contributed by atoms with Crippen molar-refractivity contribution >= 4 is 11.0 Å². The van der Waals surface area contributed by atoms with Crippen LogP contribution < -0.4 is 5.56 Å². The van der Waals surface area contributed by atoms with Crippen LogP contribution in [0.15, 0.2) is 66.0 Å². The van der Waals surface area contributed by atoms with Crippen molar-refractivity contribution in [1.82, 2.24) is 29.2 Å². The highest BCUT2D eigenvalue weighted by Gasteiger charge is 2.33. The summed E-state index contributed by atoms with van der Waals surface area (Å²) in [6.45, 7) is 2.36. The van der Waals surface area contributed by atoms with Crippen LogP contribution in [0.25, 0.3) is 16.7 Å². The summed E-state index contributed by atoms with van der Waals surface area (Å²) in [4.78, 5) is 24.1. The second-order valence-electron chi connectivity index (χ2n) is 8.27. The van der Waals surface area contributed by atoms with Crippen molar-refractivity contribution < 1.29 is 9.50 Å². The third-order valence-electron chi connectivity index (χ3n) is 5.99. The highest BCUT2D eigenvalue weighted by atomic mass is 19.1. The molecule has 1 saturated heterocycles. The Kier molecular flexibility index (Phi) is 5.28. The van der Waals surface area contributed by atoms with Gasteiger partial charge >= 0.3 is 0 Å². The van der Waals surface area contributed by atoms with Crippen molar-refractivity contribution in [2.24, 2.45) is 0 Å². The Balaban J connectivity index is 1.32. The predicted octanol–water partition coefficient (Wildman–Crippen LogP) is 2.14. The summed E-state index contributed by atoms with van der Waals surface area (Å²) >= 11 is 0. The van der Waals surface area contributed by atoms with Crippen molar-refractivity contribution in [3.63, 3.8) is 0 Å². The molecule has 0 aliphatic carbocycles. The van der Waals surface area contributed by atoms with Crippen LogP contribution in [0.4, 0.5) is 4.39 Å². The van der Waals surface area contributed by atoms with Gasteiger partial charge in [-0.05, 0) is 49.2 Å². The van der Waals surface area contributed by atoms with Gasteiger partial charge in [0, 0.05) is 25.8 Å². The maximum Gasteiger partial charge on any atom is 0.264 e. The fourth-order valence-corrected chi connectivity index (χ4v) is 4.16. The van der Waals surface area contributed by atoms with E-state index in [1.807, 2.05) is 18.2 Å². The maximum absolute atomic E-state index is 13.2. The molecule has 0 saturated carbocycles. The lowest BCUT2D eigenvalue weighted by Gasteiger charge is -2.38. The zero-order valence-corrected chi connectivity index (χ0v) is 17.4. The van der Waals surface area contributed by atoms with Gasteiger partial charge < -0.3 is 5.11 Å². The summed E-state index contributed by atoms with van der Waals surface area (Å²) < 4.78 is 16.2. The Morgan fingerprint density at radius 1 is 1.06 bits per heavy atom. The first-order chi connectivity index (χ1) is 15.5. The van der Waals surface area contributed by atoms with Crippen molar-refractivity contribution in [3.05, 3.63) is 83.1 Å². The summed E-state index contributed by atoms with van der Waals surface area (Å²) in [5, 5.41) is 15.7. The molecule has 3 aromatic heterocycles. The zero-order chi connectivity index (χ0) is 22.1. The molecule has 0 spiro atoms. The first-order valence-corrected chi connectivity index (χ1v) is 10.5. The maximum atomic E-state index is 13.2. The van der Waals surface area contributed by atoms with E-state index in [2.05, 4.69) is 20.0 Å². The van der Waals surface area contributed by atoms with Gasteiger partial charge in [-0.15, -0.1) is 0 Å². The number of pyridine rings is 1. The Labute approximate surface area is 183 Å². The van der Waals surface area contributed by atoms with Crippen LogP contribution >= 0.6 is 0 Å². The van der Waals surface area contributed by atoms with Crippen molar-refractivity contribution in [2.45, 2.75) is 31.5 Å². The van der Waals surface area contributed by atoms with Gasteiger partial charge in [0.2, 0.25) is 0 Å². The predicted molar refractivity (Wildman–Crippen MR) is 117 cm³/mol.